The second-order valence-corrected chi connectivity index (χ2v) is 4.96. The van der Waals surface area contributed by atoms with Gasteiger partial charge in [0.15, 0.2) is 0 Å². The van der Waals surface area contributed by atoms with Gasteiger partial charge in [-0.25, -0.2) is 0 Å². The Morgan fingerprint density at radius 3 is 2.86 bits per heavy atom. The standard InChI is InChI=1S/C11H17NOS/c1-8-3-4-10(12)11(7-8)14-9(2)5-6-13/h3-4,7,9,13H,5-6,12H2,1-2H3. The molecule has 3 heteroatoms. The number of benzene rings is 1. The first kappa shape index (κ1) is 11.4. The highest BCUT2D eigenvalue weighted by Gasteiger charge is 2.06. The minimum atomic E-state index is 0.236. The van der Waals surface area contributed by atoms with Crippen LogP contribution in [0, 0.1) is 6.92 Å². The fourth-order valence-corrected chi connectivity index (χ4v) is 2.32. The molecule has 0 spiro atoms. The molecule has 0 aliphatic rings. The van der Waals surface area contributed by atoms with Crippen LogP contribution in [0.25, 0.3) is 0 Å². The molecular weight excluding hydrogens is 194 g/mol. The van der Waals surface area contributed by atoms with Crippen LogP contribution >= 0.6 is 11.8 Å². The van der Waals surface area contributed by atoms with Crippen LogP contribution in [0.4, 0.5) is 5.69 Å². The van der Waals surface area contributed by atoms with E-state index in [1.165, 1.54) is 5.56 Å². The molecule has 1 aromatic carbocycles. The van der Waals surface area contributed by atoms with Crippen molar-refractivity contribution in [1.82, 2.24) is 0 Å². The predicted octanol–water partition coefficient (Wildman–Crippen LogP) is 2.44. The Hall–Kier alpha value is -0.670. The lowest BCUT2D eigenvalue weighted by Crippen LogP contribution is -2.00. The number of aryl methyl sites for hydroxylation is 1. The summed E-state index contributed by atoms with van der Waals surface area (Å²) in [6.45, 7) is 4.39. The van der Waals surface area contributed by atoms with Crippen LogP contribution in [0.15, 0.2) is 23.1 Å². The topological polar surface area (TPSA) is 46.2 Å². The lowest BCUT2D eigenvalue weighted by atomic mass is 10.2. The van der Waals surface area contributed by atoms with Gasteiger partial charge in [-0.05, 0) is 31.0 Å². The molecule has 78 valence electrons. The van der Waals surface area contributed by atoms with Gasteiger partial charge in [-0.3, -0.25) is 0 Å². The van der Waals surface area contributed by atoms with Crippen molar-refractivity contribution in [2.45, 2.75) is 30.4 Å². The Labute approximate surface area is 89.5 Å². The summed E-state index contributed by atoms with van der Waals surface area (Å²) >= 11 is 1.72. The summed E-state index contributed by atoms with van der Waals surface area (Å²) in [7, 11) is 0. The summed E-state index contributed by atoms with van der Waals surface area (Å²) in [5.41, 5.74) is 7.90. The monoisotopic (exact) mass is 211 g/mol. The van der Waals surface area contributed by atoms with Crippen LogP contribution in [0.3, 0.4) is 0 Å². The maximum Gasteiger partial charge on any atom is 0.0452 e. The van der Waals surface area contributed by atoms with Crippen molar-refractivity contribution in [3.63, 3.8) is 0 Å². The van der Waals surface area contributed by atoms with Gasteiger partial charge in [-0.1, -0.05) is 13.0 Å². The Kier molecular flexibility index (Phi) is 4.29. The minimum Gasteiger partial charge on any atom is -0.398 e. The van der Waals surface area contributed by atoms with E-state index in [9.17, 15) is 0 Å². The van der Waals surface area contributed by atoms with Gasteiger partial charge in [-0.15, -0.1) is 11.8 Å². The summed E-state index contributed by atoms with van der Waals surface area (Å²) in [6, 6.07) is 6.04. The van der Waals surface area contributed by atoms with E-state index in [0.717, 1.165) is 17.0 Å². The van der Waals surface area contributed by atoms with Gasteiger partial charge in [0.1, 0.15) is 0 Å². The molecule has 0 aromatic heterocycles. The largest absolute Gasteiger partial charge is 0.398 e. The predicted molar refractivity (Wildman–Crippen MR) is 62.6 cm³/mol. The summed E-state index contributed by atoms with van der Waals surface area (Å²) in [5, 5.41) is 9.20. The molecule has 0 heterocycles. The number of nitrogen functional groups attached to an aromatic ring is 1. The van der Waals surface area contributed by atoms with Gasteiger partial charge >= 0.3 is 0 Å². The molecule has 1 aromatic rings. The van der Waals surface area contributed by atoms with Gasteiger partial charge in [-0.2, -0.15) is 0 Å². The minimum absolute atomic E-state index is 0.236. The molecule has 3 N–H and O–H groups in total. The molecule has 0 bridgehead atoms. The van der Waals surface area contributed by atoms with E-state index in [0.29, 0.717) is 5.25 Å². The smallest absolute Gasteiger partial charge is 0.0452 e. The van der Waals surface area contributed by atoms with Gasteiger partial charge in [0.2, 0.25) is 0 Å². The van der Waals surface area contributed by atoms with Crippen molar-refractivity contribution in [2.75, 3.05) is 12.3 Å². The van der Waals surface area contributed by atoms with E-state index in [1.807, 2.05) is 12.1 Å². The molecule has 0 fully saturated rings. The number of nitrogens with two attached hydrogens (primary N) is 1. The maximum atomic E-state index is 8.79. The van der Waals surface area contributed by atoms with E-state index >= 15 is 0 Å². The first-order valence-corrected chi connectivity index (χ1v) is 5.65. The van der Waals surface area contributed by atoms with E-state index in [-0.39, 0.29) is 6.61 Å². The number of thioether (sulfide) groups is 1. The van der Waals surface area contributed by atoms with E-state index in [2.05, 4.69) is 19.9 Å². The van der Waals surface area contributed by atoms with E-state index in [4.69, 9.17) is 10.8 Å². The average molecular weight is 211 g/mol. The zero-order valence-corrected chi connectivity index (χ0v) is 9.47. The maximum absolute atomic E-state index is 8.79. The molecular formula is C11H17NOS. The fourth-order valence-electron chi connectivity index (χ4n) is 1.20. The van der Waals surface area contributed by atoms with Crippen molar-refractivity contribution in [2.24, 2.45) is 0 Å². The first-order chi connectivity index (χ1) is 6.63. The number of aliphatic hydroxyl groups is 1. The number of hydrogen-bond acceptors (Lipinski definition) is 3. The van der Waals surface area contributed by atoms with E-state index < -0.39 is 0 Å². The second-order valence-electron chi connectivity index (χ2n) is 3.48. The molecule has 14 heavy (non-hydrogen) atoms. The Bertz CT molecular complexity index is 301. The molecule has 0 saturated carbocycles. The van der Waals surface area contributed by atoms with Crippen LogP contribution in [0.2, 0.25) is 0 Å². The lowest BCUT2D eigenvalue weighted by Gasteiger charge is -2.11. The van der Waals surface area contributed by atoms with Crippen LogP contribution in [-0.2, 0) is 0 Å². The third kappa shape index (κ3) is 3.24. The zero-order valence-electron chi connectivity index (χ0n) is 8.66. The third-order valence-corrected chi connectivity index (χ3v) is 3.28. The average Bonchev–Trinajstić information content (AvgIpc) is 2.12. The molecule has 1 rings (SSSR count). The normalized spacial score (nSPS) is 12.8. The van der Waals surface area contributed by atoms with E-state index in [1.54, 1.807) is 11.8 Å². The Morgan fingerprint density at radius 2 is 2.21 bits per heavy atom. The summed E-state index contributed by atoms with van der Waals surface area (Å²) in [6.07, 6.45) is 0.804. The number of anilines is 1. The zero-order chi connectivity index (χ0) is 10.6. The van der Waals surface area contributed by atoms with Gasteiger partial charge in [0, 0.05) is 22.4 Å². The van der Waals surface area contributed by atoms with Gasteiger partial charge in [0.05, 0.1) is 0 Å². The Morgan fingerprint density at radius 1 is 1.50 bits per heavy atom. The van der Waals surface area contributed by atoms with Crippen molar-refractivity contribution in [3.05, 3.63) is 23.8 Å². The van der Waals surface area contributed by atoms with Crippen molar-refractivity contribution in [3.8, 4) is 0 Å². The molecule has 2 nitrogen and oxygen atoms in total. The van der Waals surface area contributed by atoms with Crippen LogP contribution < -0.4 is 5.73 Å². The lowest BCUT2D eigenvalue weighted by molar-refractivity contribution is 0.289. The Balaban J connectivity index is 2.70. The summed E-state index contributed by atoms with van der Waals surface area (Å²) < 4.78 is 0. The molecule has 0 aliphatic carbocycles. The fraction of sp³-hybridized carbons (Fsp3) is 0.455. The summed E-state index contributed by atoms with van der Waals surface area (Å²) in [5.74, 6) is 0. The van der Waals surface area contributed by atoms with Crippen molar-refractivity contribution >= 4 is 17.4 Å². The van der Waals surface area contributed by atoms with Crippen LogP contribution in [0.5, 0.6) is 0 Å². The quantitative estimate of drug-likeness (QED) is 0.594. The highest BCUT2D eigenvalue weighted by Crippen LogP contribution is 2.30. The van der Waals surface area contributed by atoms with Gasteiger partial charge < -0.3 is 10.8 Å². The van der Waals surface area contributed by atoms with Crippen molar-refractivity contribution in [1.29, 1.82) is 0 Å². The second kappa shape index (κ2) is 5.27. The third-order valence-electron chi connectivity index (χ3n) is 2.03. The molecule has 0 amide bonds. The molecule has 0 aliphatic heterocycles. The van der Waals surface area contributed by atoms with Gasteiger partial charge in [0.25, 0.3) is 0 Å². The first-order valence-electron chi connectivity index (χ1n) is 4.77. The summed E-state index contributed by atoms with van der Waals surface area (Å²) in [4.78, 5) is 1.12. The van der Waals surface area contributed by atoms with Crippen LogP contribution in [0.1, 0.15) is 18.9 Å². The number of aliphatic hydroxyl groups excluding tert-OH is 1. The number of hydrogen-bond donors (Lipinski definition) is 2. The highest BCUT2D eigenvalue weighted by molar-refractivity contribution is 8.00. The number of rotatable bonds is 4. The molecule has 0 saturated heterocycles. The van der Waals surface area contributed by atoms with Crippen LogP contribution in [-0.4, -0.2) is 17.0 Å². The SMILES string of the molecule is Cc1ccc(N)c(SC(C)CCO)c1. The molecule has 1 atom stereocenters. The highest BCUT2D eigenvalue weighted by atomic mass is 32.2. The molecule has 1 unspecified atom stereocenters. The van der Waals surface area contributed by atoms with Crippen molar-refractivity contribution < 1.29 is 5.11 Å². The molecule has 0 radical (unpaired) electrons.